The van der Waals surface area contributed by atoms with Crippen LogP contribution in [0.4, 0.5) is 0 Å². The highest BCUT2D eigenvalue weighted by Gasteiger charge is 2.09. The lowest BCUT2D eigenvalue weighted by Gasteiger charge is -2.07. The number of fused-ring (bicyclic) bond motifs is 1. The van der Waals surface area contributed by atoms with Crippen LogP contribution in [-0.4, -0.2) is 6.29 Å². The smallest absolute Gasteiger partial charge is 0.149 e. The second kappa shape index (κ2) is 2.35. The predicted molar refractivity (Wildman–Crippen MR) is 44.1 cm³/mol. The van der Waals surface area contributed by atoms with Crippen LogP contribution in [0.1, 0.15) is 6.42 Å². The number of rotatable bonds is 1. The molecule has 0 bridgehead atoms. The molecule has 2 aliphatic carbocycles. The van der Waals surface area contributed by atoms with E-state index in [2.05, 4.69) is 6.08 Å². The highest BCUT2D eigenvalue weighted by Crippen LogP contribution is 2.27. The molecule has 1 heteroatoms. The zero-order valence-corrected chi connectivity index (χ0v) is 6.08. The third-order valence-electron chi connectivity index (χ3n) is 1.96. The van der Waals surface area contributed by atoms with Crippen LogP contribution in [0.5, 0.6) is 0 Å². The summed E-state index contributed by atoms with van der Waals surface area (Å²) in [6.45, 7) is 0. The van der Waals surface area contributed by atoms with Crippen LogP contribution in [0.2, 0.25) is 0 Å². The van der Waals surface area contributed by atoms with Crippen molar-refractivity contribution in [1.29, 1.82) is 0 Å². The van der Waals surface area contributed by atoms with E-state index in [9.17, 15) is 4.79 Å². The fourth-order valence-electron chi connectivity index (χ4n) is 1.35. The molecule has 0 aliphatic heterocycles. The number of hydrogen-bond donors (Lipinski definition) is 0. The Balaban J connectivity index is 2.39. The van der Waals surface area contributed by atoms with Crippen LogP contribution in [0.15, 0.2) is 47.1 Å². The van der Waals surface area contributed by atoms with E-state index >= 15 is 0 Å². The van der Waals surface area contributed by atoms with Crippen LogP contribution >= 0.6 is 0 Å². The lowest BCUT2D eigenvalue weighted by atomic mass is 9.97. The van der Waals surface area contributed by atoms with Crippen molar-refractivity contribution >= 4 is 6.29 Å². The molecule has 1 nitrogen and oxygen atoms in total. The molecule has 0 saturated carbocycles. The Kier molecular flexibility index (Phi) is 1.35. The molecule has 2 rings (SSSR count). The van der Waals surface area contributed by atoms with Gasteiger partial charge in [0.1, 0.15) is 6.29 Å². The molecule has 11 heavy (non-hydrogen) atoms. The van der Waals surface area contributed by atoms with Crippen molar-refractivity contribution in [3.63, 3.8) is 0 Å². The summed E-state index contributed by atoms with van der Waals surface area (Å²) in [4.78, 5) is 10.4. The van der Waals surface area contributed by atoms with E-state index in [1.165, 1.54) is 11.1 Å². The van der Waals surface area contributed by atoms with Crippen molar-refractivity contribution in [2.75, 3.05) is 0 Å². The summed E-state index contributed by atoms with van der Waals surface area (Å²) < 4.78 is 0. The van der Waals surface area contributed by atoms with E-state index in [1.54, 1.807) is 0 Å². The largest absolute Gasteiger partial charge is 0.298 e. The molecule has 0 spiro atoms. The van der Waals surface area contributed by atoms with Crippen molar-refractivity contribution in [2.45, 2.75) is 6.42 Å². The maximum absolute atomic E-state index is 10.4. The minimum absolute atomic E-state index is 0.795. The van der Waals surface area contributed by atoms with Gasteiger partial charge in [0.25, 0.3) is 0 Å². The molecule has 0 atom stereocenters. The minimum Gasteiger partial charge on any atom is -0.298 e. The molecule has 0 saturated heterocycles. The second-order valence-electron chi connectivity index (χ2n) is 2.68. The van der Waals surface area contributed by atoms with E-state index in [1.807, 2.05) is 24.3 Å². The number of carbonyl (C=O) groups excluding carboxylic acids is 1. The van der Waals surface area contributed by atoms with E-state index in [0.29, 0.717) is 0 Å². The molecule has 0 aromatic rings. The fourth-order valence-corrected chi connectivity index (χ4v) is 1.35. The highest BCUT2D eigenvalue weighted by atomic mass is 16.1. The lowest BCUT2D eigenvalue weighted by Crippen LogP contribution is -1.92. The number of carbonyl (C=O) groups is 1. The molecule has 0 N–H and O–H groups in total. The van der Waals surface area contributed by atoms with Gasteiger partial charge in [0.15, 0.2) is 0 Å². The molecule has 0 aromatic carbocycles. The molecule has 0 fully saturated rings. The van der Waals surface area contributed by atoms with Gasteiger partial charge in [0.2, 0.25) is 0 Å². The van der Waals surface area contributed by atoms with Crippen LogP contribution in [0.25, 0.3) is 0 Å². The molecular formula is C10H8O. The Hall–Kier alpha value is -1.37. The summed E-state index contributed by atoms with van der Waals surface area (Å²) >= 11 is 0. The van der Waals surface area contributed by atoms with Gasteiger partial charge < -0.3 is 0 Å². The zero-order chi connectivity index (χ0) is 7.68. The van der Waals surface area contributed by atoms with Crippen molar-refractivity contribution in [3.8, 4) is 0 Å². The summed E-state index contributed by atoms with van der Waals surface area (Å²) in [6.07, 6.45) is 11.8. The van der Waals surface area contributed by atoms with Gasteiger partial charge in [-0.05, 0) is 23.6 Å². The number of allylic oxidation sites excluding steroid dienone is 8. The first-order chi connectivity index (χ1) is 5.40. The summed E-state index contributed by atoms with van der Waals surface area (Å²) in [6, 6.07) is 0. The lowest BCUT2D eigenvalue weighted by molar-refractivity contribution is -0.104. The SMILES string of the molecule is O=CC1=CCC2=CC=CC2=C1. The number of hydrogen-bond acceptors (Lipinski definition) is 1. The topological polar surface area (TPSA) is 17.1 Å². The normalized spacial score (nSPS) is 20.2. The standard InChI is InChI=1S/C10H8O/c11-7-8-4-5-9-2-1-3-10(9)6-8/h1-4,6-7H,5H2. The van der Waals surface area contributed by atoms with Gasteiger partial charge in [-0.2, -0.15) is 0 Å². The van der Waals surface area contributed by atoms with Crippen molar-refractivity contribution in [3.05, 3.63) is 47.1 Å². The third kappa shape index (κ3) is 0.984. The maximum atomic E-state index is 10.4. The molecule has 2 aliphatic rings. The Morgan fingerprint density at radius 3 is 3.18 bits per heavy atom. The second-order valence-corrected chi connectivity index (χ2v) is 2.68. The first-order valence-corrected chi connectivity index (χ1v) is 3.65. The van der Waals surface area contributed by atoms with E-state index in [0.717, 1.165) is 18.3 Å². The Labute approximate surface area is 65.4 Å². The van der Waals surface area contributed by atoms with Gasteiger partial charge in [-0.15, -0.1) is 0 Å². The average Bonchev–Trinajstić information content (AvgIpc) is 2.50. The Morgan fingerprint density at radius 2 is 2.36 bits per heavy atom. The van der Waals surface area contributed by atoms with Crippen LogP contribution < -0.4 is 0 Å². The maximum Gasteiger partial charge on any atom is 0.149 e. The van der Waals surface area contributed by atoms with Crippen molar-refractivity contribution in [1.82, 2.24) is 0 Å². The van der Waals surface area contributed by atoms with Crippen LogP contribution in [0, 0.1) is 0 Å². The van der Waals surface area contributed by atoms with Gasteiger partial charge in [0.05, 0.1) is 0 Å². The van der Waals surface area contributed by atoms with Gasteiger partial charge in [-0.3, -0.25) is 4.79 Å². The minimum atomic E-state index is 0.795. The average molecular weight is 144 g/mol. The summed E-state index contributed by atoms with van der Waals surface area (Å²) in [5.74, 6) is 0. The quantitative estimate of drug-likeness (QED) is 0.514. The predicted octanol–water partition coefficient (Wildman–Crippen LogP) is 1.94. The fraction of sp³-hybridized carbons (Fsp3) is 0.100. The van der Waals surface area contributed by atoms with E-state index < -0.39 is 0 Å². The van der Waals surface area contributed by atoms with Crippen LogP contribution in [0.3, 0.4) is 0 Å². The molecule has 0 amide bonds. The van der Waals surface area contributed by atoms with Gasteiger partial charge in [-0.25, -0.2) is 0 Å². The summed E-state index contributed by atoms with van der Waals surface area (Å²) in [5, 5.41) is 0. The third-order valence-corrected chi connectivity index (χ3v) is 1.96. The molecule has 0 unspecified atom stereocenters. The summed E-state index contributed by atoms with van der Waals surface area (Å²) in [5.41, 5.74) is 3.30. The van der Waals surface area contributed by atoms with Crippen LogP contribution in [-0.2, 0) is 4.79 Å². The summed E-state index contributed by atoms with van der Waals surface area (Å²) in [7, 11) is 0. The van der Waals surface area contributed by atoms with Gasteiger partial charge >= 0.3 is 0 Å². The van der Waals surface area contributed by atoms with Gasteiger partial charge in [-0.1, -0.05) is 24.3 Å². The van der Waals surface area contributed by atoms with Crippen molar-refractivity contribution in [2.24, 2.45) is 0 Å². The van der Waals surface area contributed by atoms with Crippen molar-refractivity contribution < 1.29 is 4.79 Å². The van der Waals surface area contributed by atoms with Gasteiger partial charge in [0, 0.05) is 5.57 Å². The first-order valence-electron chi connectivity index (χ1n) is 3.65. The number of aldehydes is 1. The molecular weight excluding hydrogens is 136 g/mol. The molecule has 0 radical (unpaired) electrons. The molecule has 54 valence electrons. The first kappa shape index (κ1) is 6.35. The molecule has 0 aromatic heterocycles. The Bertz CT molecular complexity index is 314. The highest BCUT2D eigenvalue weighted by molar-refractivity contribution is 5.80. The molecule has 0 heterocycles. The van der Waals surface area contributed by atoms with E-state index in [-0.39, 0.29) is 0 Å². The monoisotopic (exact) mass is 144 g/mol. The Morgan fingerprint density at radius 1 is 1.45 bits per heavy atom. The van der Waals surface area contributed by atoms with E-state index in [4.69, 9.17) is 0 Å². The zero-order valence-electron chi connectivity index (χ0n) is 6.08.